The molecule has 0 spiro atoms. The van der Waals surface area contributed by atoms with E-state index in [1.165, 1.54) is 24.3 Å². The minimum Gasteiger partial charge on any atom is -0.409 e. The lowest BCUT2D eigenvalue weighted by atomic mass is 10.2. The monoisotopic (exact) mass is 297 g/mol. The summed E-state index contributed by atoms with van der Waals surface area (Å²) in [6.07, 6.45) is 1.12. The summed E-state index contributed by atoms with van der Waals surface area (Å²) >= 11 is 0. The van der Waals surface area contributed by atoms with Crippen LogP contribution >= 0.6 is 0 Å². The molecule has 4 N–H and O–H groups in total. The molecule has 0 amide bonds. The van der Waals surface area contributed by atoms with E-state index in [1.807, 2.05) is 0 Å². The van der Waals surface area contributed by atoms with Crippen molar-refractivity contribution >= 4 is 15.7 Å². The molecule has 6 nitrogen and oxygen atoms in total. The molecule has 1 saturated carbocycles. The first kappa shape index (κ1) is 14.8. The van der Waals surface area contributed by atoms with Crippen LogP contribution in [0.25, 0.3) is 0 Å². The van der Waals surface area contributed by atoms with Crippen molar-refractivity contribution in [1.29, 1.82) is 0 Å². The van der Waals surface area contributed by atoms with Gasteiger partial charge in [0.1, 0.15) is 0 Å². The maximum atomic E-state index is 12.1. The second kappa shape index (κ2) is 5.80. The van der Waals surface area contributed by atoms with Gasteiger partial charge < -0.3 is 16.3 Å². The Balaban J connectivity index is 1.98. The Morgan fingerprint density at radius 3 is 2.55 bits per heavy atom. The zero-order valence-electron chi connectivity index (χ0n) is 11.3. The Kier molecular flexibility index (Phi) is 4.29. The van der Waals surface area contributed by atoms with Crippen LogP contribution in [0.3, 0.4) is 0 Å². The molecule has 20 heavy (non-hydrogen) atoms. The first-order valence-corrected chi connectivity index (χ1v) is 8.13. The number of oxime groups is 1. The molecule has 1 aliphatic carbocycles. The number of amidine groups is 1. The van der Waals surface area contributed by atoms with Crippen molar-refractivity contribution in [1.82, 2.24) is 5.32 Å². The van der Waals surface area contributed by atoms with Crippen molar-refractivity contribution in [3.05, 3.63) is 29.8 Å². The van der Waals surface area contributed by atoms with E-state index in [-0.39, 0.29) is 16.5 Å². The Hall–Kier alpha value is -1.60. The quantitative estimate of drug-likeness (QED) is 0.308. The maximum absolute atomic E-state index is 12.1. The van der Waals surface area contributed by atoms with Crippen molar-refractivity contribution < 1.29 is 13.6 Å². The lowest BCUT2D eigenvalue weighted by molar-refractivity contribution is 0.318. The number of hydrogen-bond donors (Lipinski definition) is 3. The first-order valence-electron chi connectivity index (χ1n) is 6.48. The molecule has 1 aromatic carbocycles. The van der Waals surface area contributed by atoms with E-state index in [9.17, 15) is 8.42 Å². The van der Waals surface area contributed by atoms with Gasteiger partial charge in [-0.1, -0.05) is 12.1 Å². The van der Waals surface area contributed by atoms with Crippen LogP contribution in [-0.4, -0.2) is 37.8 Å². The summed E-state index contributed by atoms with van der Waals surface area (Å²) in [4.78, 5) is 0.248. The predicted octanol–water partition coefficient (Wildman–Crippen LogP) is 0.553. The number of benzene rings is 1. The Morgan fingerprint density at radius 1 is 1.45 bits per heavy atom. The molecule has 2 unspecified atom stereocenters. The molecule has 0 heterocycles. The van der Waals surface area contributed by atoms with Gasteiger partial charge in [-0.05, 0) is 36.6 Å². The summed E-state index contributed by atoms with van der Waals surface area (Å²) in [6.45, 7) is 2.59. The van der Waals surface area contributed by atoms with Crippen molar-refractivity contribution in [2.24, 2.45) is 16.8 Å². The molecular formula is C13H19N3O3S. The minimum atomic E-state index is -3.30. The molecule has 0 aromatic heterocycles. The highest BCUT2D eigenvalue weighted by molar-refractivity contribution is 7.91. The topological polar surface area (TPSA) is 105 Å². The van der Waals surface area contributed by atoms with Gasteiger partial charge in [0.15, 0.2) is 15.7 Å². The van der Waals surface area contributed by atoms with Crippen molar-refractivity contribution in [2.75, 3.05) is 12.3 Å². The van der Waals surface area contributed by atoms with Gasteiger partial charge in [-0.3, -0.25) is 0 Å². The summed E-state index contributed by atoms with van der Waals surface area (Å²) in [7, 11) is -3.30. The van der Waals surface area contributed by atoms with Crippen LogP contribution in [-0.2, 0) is 9.84 Å². The fourth-order valence-corrected chi connectivity index (χ4v) is 3.17. The largest absolute Gasteiger partial charge is 0.409 e. The molecule has 2 atom stereocenters. The summed E-state index contributed by atoms with van der Waals surface area (Å²) < 4.78 is 24.2. The summed E-state index contributed by atoms with van der Waals surface area (Å²) in [5, 5.41) is 14.6. The average Bonchev–Trinajstić information content (AvgIpc) is 3.13. The third kappa shape index (κ3) is 3.49. The van der Waals surface area contributed by atoms with E-state index in [0.29, 0.717) is 24.1 Å². The first-order chi connectivity index (χ1) is 9.44. The lowest BCUT2D eigenvalue weighted by Crippen LogP contribution is -2.25. The zero-order chi connectivity index (χ0) is 14.8. The van der Waals surface area contributed by atoms with Crippen LogP contribution in [0.5, 0.6) is 0 Å². The lowest BCUT2D eigenvalue weighted by Gasteiger charge is -2.06. The van der Waals surface area contributed by atoms with Crippen molar-refractivity contribution in [3.63, 3.8) is 0 Å². The molecule has 110 valence electrons. The Bertz CT molecular complexity index is 596. The molecular weight excluding hydrogens is 278 g/mol. The van der Waals surface area contributed by atoms with Gasteiger partial charge in [0, 0.05) is 18.2 Å². The van der Waals surface area contributed by atoms with E-state index >= 15 is 0 Å². The fraction of sp³-hybridized carbons (Fsp3) is 0.462. The standard InChI is InChI=1S/C13H19N3O3S/c1-9-8-12(9)15-6-7-20(18,19)11-4-2-10(3-5-11)13(14)16-17/h2-5,9,12,15,17H,6-8H2,1H3,(H2,14,16). The predicted molar refractivity (Wildman–Crippen MR) is 76.6 cm³/mol. The summed E-state index contributed by atoms with van der Waals surface area (Å²) in [6, 6.07) is 6.47. The molecule has 1 aliphatic rings. The third-order valence-corrected chi connectivity index (χ3v) is 5.24. The molecule has 1 fully saturated rings. The number of hydrogen-bond acceptors (Lipinski definition) is 5. The number of sulfone groups is 1. The summed E-state index contributed by atoms with van der Waals surface area (Å²) in [5.41, 5.74) is 5.91. The normalized spacial score (nSPS) is 22.8. The van der Waals surface area contributed by atoms with Crippen molar-refractivity contribution in [2.45, 2.75) is 24.3 Å². The molecule has 0 saturated heterocycles. The second-order valence-electron chi connectivity index (χ2n) is 5.10. The Morgan fingerprint density at radius 2 is 2.05 bits per heavy atom. The SMILES string of the molecule is CC1CC1NCCS(=O)(=O)c1ccc(/C(N)=N/O)cc1. The molecule has 0 aliphatic heterocycles. The van der Waals surface area contributed by atoms with Crippen molar-refractivity contribution in [3.8, 4) is 0 Å². The van der Waals surface area contributed by atoms with E-state index in [1.54, 1.807) is 0 Å². The van der Waals surface area contributed by atoms with Crippen LogP contribution in [0.2, 0.25) is 0 Å². The molecule has 1 aromatic rings. The van der Waals surface area contributed by atoms with Crippen LogP contribution in [0.4, 0.5) is 0 Å². The average molecular weight is 297 g/mol. The van der Waals surface area contributed by atoms with Gasteiger partial charge in [0.25, 0.3) is 0 Å². The fourth-order valence-electron chi connectivity index (χ4n) is 1.99. The highest BCUT2D eigenvalue weighted by Gasteiger charge is 2.31. The van der Waals surface area contributed by atoms with Crippen LogP contribution in [0, 0.1) is 5.92 Å². The van der Waals surface area contributed by atoms with Crippen LogP contribution < -0.4 is 11.1 Å². The van der Waals surface area contributed by atoms with Gasteiger partial charge in [0.05, 0.1) is 10.6 Å². The third-order valence-electron chi connectivity index (χ3n) is 3.50. The van der Waals surface area contributed by atoms with Gasteiger partial charge in [-0.25, -0.2) is 8.42 Å². The number of nitrogens with one attached hydrogen (secondary N) is 1. The number of nitrogens with zero attached hydrogens (tertiary/aromatic N) is 1. The van der Waals surface area contributed by atoms with Gasteiger partial charge in [-0.15, -0.1) is 0 Å². The van der Waals surface area contributed by atoms with Crippen LogP contribution in [0.1, 0.15) is 18.9 Å². The van der Waals surface area contributed by atoms with Crippen LogP contribution in [0.15, 0.2) is 34.3 Å². The molecule has 7 heteroatoms. The van der Waals surface area contributed by atoms with E-state index < -0.39 is 9.84 Å². The van der Waals surface area contributed by atoms with E-state index in [0.717, 1.165) is 6.42 Å². The highest BCUT2D eigenvalue weighted by Crippen LogP contribution is 2.28. The van der Waals surface area contributed by atoms with Gasteiger partial charge in [-0.2, -0.15) is 0 Å². The smallest absolute Gasteiger partial charge is 0.179 e. The minimum absolute atomic E-state index is 0.0432. The maximum Gasteiger partial charge on any atom is 0.179 e. The highest BCUT2D eigenvalue weighted by atomic mass is 32.2. The molecule has 2 rings (SSSR count). The number of rotatable bonds is 6. The zero-order valence-corrected chi connectivity index (χ0v) is 12.1. The van der Waals surface area contributed by atoms with Gasteiger partial charge >= 0.3 is 0 Å². The second-order valence-corrected chi connectivity index (χ2v) is 7.21. The number of nitrogens with two attached hydrogens (primary N) is 1. The summed E-state index contributed by atoms with van der Waals surface area (Å²) in [5.74, 6) is 0.676. The van der Waals surface area contributed by atoms with E-state index in [2.05, 4.69) is 17.4 Å². The molecule has 0 radical (unpaired) electrons. The van der Waals surface area contributed by atoms with E-state index in [4.69, 9.17) is 10.9 Å². The molecule has 0 bridgehead atoms. The van der Waals surface area contributed by atoms with Gasteiger partial charge in [0.2, 0.25) is 0 Å². The Labute approximate surface area is 118 Å².